The number of rotatable bonds is 8. The number of anilines is 1. The number of hydrogen-bond acceptors (Lipinski definition) is 11. The van der Waals surface area contributed by atoms with Gasteiger partial charge in [0.15, 0.2) is 5.72 Å². The lowest BCUT2D eigenvalue weighted by Crippen LogP contribution is -2.65. The number of benzene rings is 1. The normalized spacial score (nSPS) is 30.8. The molecule has 3 amide bonds. The molecule has 0 radical (unpaired) electrons. The predicted octanol–water partition coefficient (Wildman–Crippen LogP) is 5.39. The average Bonchev–Trinajstić information content (AvgIpc) is 3.80. The molecule has 2 fully saturated rings. The zero-order valence-electron chi connectivity index (χ0n) is 33.2. The number of halogens is 1. The Morgan fingerprint density at radius 2 is 1.89 bits per heavy atom. The first kappa shape index (κ1) is 43.4. The molecule has 54 heavy (non-hydrogen) atoms. The summed E-state index contributed by atoms with van der Waals surface area (Å²) in [6.07, 6.45) is 1.42. The van der Waals surface area contributed by atoms with E-state index in [1.54, 1.807) is 45.2 Å². The lowest BCUT2D eigenvalue weighted by atomic mass is 9.73. The maximum Gasteiger partial charge on any atom is 0.409 e. The van der Waals surface area contributed by atoms with Crippen LogP contribution in [-0.2, 0) is 39.8 Å². The first-order valence-corrected chi connectivity index (χ1v) is 18.9. The third-order valence-electron chi connectivity index (χ3n) is 10.8. The van der Waals surface area contributed by atoms with Crippen LogP contribution in [0.3, 0.4) is 0 Å². The Labute approximate surface area is 329 Å². The fraction of sp³-hybridized carbons (Fsp3) is 0.641. The minimum atomic E-state index is -1.85. The minimum absolute atomic E-state index is 0.0729. The summed E-state index contributed by atoms with van der Waals surface area (Å²) < 4.78 is 29.1. The standard InChI is InChI=1S/C39H56ClN3O10S/c1-22-13-12-14-27(50-11)39(48)21-29(52-35(47)41-39)37(5,6)34-38(7,53-34)28(51-33(46)23(2)42(8)30(44)15-16-36(3,4)54)20-31(45)43(9)25-18-24(17-22)19-26(49-10)32(25)40/h12-14,18-19,23,27-29,34,48,54H,15-17,20-21H2,1-11H3,(H,41,47)/b14-12+,22-13+/t23-,27+,28-,29-,34+,38-,39-/m0/s1. The number of amides is 3. The number of allylic oxidation sites excluding steroid dienone is 3. The Morgan fingerprint density at radius 1 is 1.22 bits per heavy atom. The molecule has 0 spiro atoms. The van der Waals surface area contributed by atoms with Gasteiger partial charge in [-0.3, -0.25) is 14.9 Å². The highest BCUT2D eigenvalue weighted by molar-refractivity contribution is 7.81. The van der Waals surface area contributed by atoms with Gasteiger partial charge in [-0.05, 0) is 51.3 Å². The molecule has 0 unspecified atom stereocenters. The molecule has 2 N–H and O–H groups in total. The van der Waals surface area contributed by atoms with Gasteiger partial charge in [0.05, 0.1) is 25.3 Å². The molecule has 1 aromatic rings. The summed E-state index contributed by atoms with van der Waals surface area (Å²) in [5.41, 5.74) is -1.97. The van der Waals surface area contributed by atoms with E-state index in [2.05, 4.69) is 17.9 Å². The number of thiol groups is 1. The lowest BCUT2D eigenvalue weighted by molar-refractivity contribution is -0.162. The van der Waals surface area contributed by atoms with E-state index < -0.39 is 65.2 Å². The van der Waals surface area contributed by atoms with Gasteiger partial charge in [0, 0.05) is 44.2 Å². The minimum Gasteiger partial charge on any atom is -0.495 e. The van der Waals surface area contributed by atoms with Crippen LogP contribution in [-0.4, -0.2) is 109 Å². The monoisotopic (exact) mass is 793 g/mol. The van der Waals surface area contributed by atoms with E-state index in [1.165, 1.54) is 31.1 Å². The number of fused-ring (bicyclic) bond motifs is 5. The molecular weight excluding hydrogens is 738 g/mol. The number of ether oxygens (including phenoxy) is 5. The second-order valence-electron chi connectivity index (χ2n) is 16.1. The second-order valence-corrected chi connectivity index (χ2v) is 17.7. The van der Waals surface area contributed by atoms with Crippen molar-refractivity contribution in [3.05, 3.63) is 46.5 Å². The van der Waals surface area contributed by atoms with Crippen molar-refractivity contribution in [2.24, 2.45) is 5.41 Å². The highest BCUT2D eigenvalue weighted by atomic mass is 35.5. The van der Waals surface area contributed by atoms with Gasteiger partial charge in [-0.1, -0.05) is 63.1 Å². The Bertz CT molecular complexity index is 1680. The van der Waals surface area contributed by atoms with Crippen molar-refractivity contribution in [3.63, 3.8) is 0 Å². The van der Waals surface area contributed by atoms with E-state index in [0.29, 0.717) is 24.3 Å². The molecule has 1 aromatic carbocycles. The summed E-state index contributed by atoms with van der Waals surface area (Å²) in [6.45, 7) is 12.7. The van der Waals surface area contributed by atoms with Crippen LogP contribution < -0.4 is 15.0 Å². The van der Waals surface area contributed by atoms with Crippen molar-refractivity contribution >= 4 is 53.8 Å². The summed E-state index contributed by atoms with van der Waals surface area (Å²) in [5, 5.41) is 14.6. The molecule has 4 bridgehead atoms. The number of alkyl carbamates (subject to hydrolysis) is 1. The average molecular weight is 794 g/mol. The number of nitrogens with one attached hydrogen (secondary N) is 1. The third-order valence-corrected chi connectivity index (χ3v) is 11.4. The van der Waals surface area contributed by atoms with Gasteiger partial charge in [0.2, 0.25) is 11.8 Å². The van der Waals surface area contributed by atoms with E-state index >= 15 is 0 Å². The summed E-state index contributed by atoms with van der Waals surface area (Å²) in [5.74, 6) is -1.06. The molecule has 3 aliphatic rings. The van der Waals surface area contributed by atoms with Crippen LogP contribution >= 0.6 is 24.2 Å². The van der Waals surface area contributed by atoms with E-state index in [9.17, 15) is 24.3 Å². The van der Waals surface area contributed by atoms with Gasteiger partial charge in [0.25, 0.3) is 0 Å². The Hall–Kier alpha value is -3.30. The summed E-state index contributed by atoms with van der Waals surface area (Å²) in [6, 6.07) is 2.59. The van der Waals surface area contributed by atoms with Crippen LogP contribution in [0.25, 0.3) is 0 Å². The Balaban J connectivity index is 1.78. The van der Waals surface area contributed by atoms with Crippen molar-refractivity contribution in [1.29, 1.82) is 0 Å². The van der Waals surface area contributed by atoms with Crippen LogP contribution in [0.1, 0.15) is 79.7 Å². The van der Waals surface area contributed by atoms with Crippen molar-refractivity contribution in [1.82, 2.24) is 10.2 Å². The zero-order valence-corrected chi connectivity index (χ0v) is 34.8. The van der Waals surface area contributed by atoms with Crippen LogP contribution in [0.4, 0.5) is 10.5 Å². The number of epoxide rings is 1. The highest BCUT2D eigenvalue weighted by Crippen LogP contribution is 2.54. The van der Waals surface area contributed by atoms with Crippen molar-refractivity contribution in [3.8, 4) is 5.75 Å². The molecule has 0 saturated carbocycles. The van der Waals surface area contributed by atoms with E-state index in [0.717, 1.165) is 11.1 Å². The smallest absolute Gasteiger partial charge is 0.409 e. The fourth-order valence-corrected chi connectivity index (χ4v) is 7.52. The number of hydrogen-bond donors (Lipinski definition) is 3. The van der Waals surface area contributed by atoms with E-state index in [1.807, 2.05) is 40.7 Å². The van der Waals surface area contributed by atoms with Crippen molar-refractivity contribution < 1.29 is 48.0 Å². The first-order valence-electron chi connectivity index (χ1n) is 18.0. The fourth-order valence-electron chi connectivity index (χ4n) is 7.10. The quantitative estimate of drug-likeness (QED) is 0.177. The van der Waals surface area contributed by atoms with Crippen molar-refractivity contribution in [2.75, 3.05) is 33.2 Å². The van der Waals surface area contributed by atoms with Crippen LogP contribution in [0.2, 0.25) is 5.02 Å². The molecular formula is C39H56ClN3O10S. The third kappa shape index (κ3) is 9.55. The number of carbonyl (C=O) groups is 4. The van der Waals surface area contributed by atoms with Crippen LogP contribution in [0, 0.1) is 5.41 Å². The van der Waals surface area contributed by atoms with Crippen LogP contribution in [0.15, 0.2) is 35.9 Å². The molecule has 0 aromatic heterocycles. The zero-order chi connectivity index (χ0) is 40.6. The largest absolute Gasteiger partial charge is 0.495 e. The Kier molecular flexibility index (Phi) is 13.2. The topological polar surface area (TPSA) is 156 Å². The predicted molar refractivity (Wildman–Crippen MR) is 208 cm³/mol. The maximum absolute atomic E-state index is 14.2. The van der Waals surface area contributed by atoms with E-state index in [4.69, 9.17) is 35.3 Å². The Morgan fingerprint density at radius 3 is 2.50 bits per heavy atom. The van der Waals surface area contributed by atoms with Crippen LogP contribution in [0.5, 0.6) is 5.75 Å². The summed E-state index contributed by atoms with van der Waals surface area (Å²) >= 11 is 11.3. The van der Waals surface area contributed by atoms with Gasteiger partial charge >= 0.3 is 12.1 Å². The van der Waals surface area contributed by atoms with Gasteiger partial charge in [0.1, 0.15) is 40.7 Å². The molecule has 3 aliphatic heterocycles. The van der Waals surface area contributed by atoms with Gasteiger partial charge in [-0.2, -0.15) is 12.6 Å². The molecule has 2 saturated heterocycles. The number of methoxy groups -OCH3 is 2. The molecule has 3 heterocycles. The molecule has 300 valence electrons. The van der Waals surface area contributed by atoms with Gasteiger partial charge in [-0.25, -0.2) is 9.59 Å². The number of aliphatic hydroxyl groups is 1. The lowest BCUT2D eigenvalue weighted by Gasteiger charge is -2.45. The van der Waals surface area contributed by atoms with Gasteiger partial charge < -0.3 is 38.6 Å². The molecule has 13 nitrogen and oxygen atoms in total. The van der Waals surface area contributed by atoms with Crippen molar-refractivity contribution in [2.45, 2.75) is 127 Å². The number of nitrogens with zero attached hydrogens (tertiary/aromatic N) is 2. The number of esters is 1. The summed E-state index contributed by atoms with van der Waals surface area (Å²) in [7, 11) is 6.03. The van der Waals surface area contributed by atoms with E-state index in [-0.39, 0.29) is 34.9 Å². The summed E-state index contributed by atoms with van der Waals surface area (Å²) in [4.78, 5) is 56.8. The maximum atomic E-state index is 14.2. The number of likely N-dealkylation sites (N-methyl/N-ethyl adjacent to an activating group) is 1. The molecule has 0 aliphatic carbocycles. The first-order chi connectivity index (χ1) is 25.0. The molecule has 4 rings (SSSR count). The SMILES string of the molecule is COc1cc2cc(c1Cl)N(C)C(=O)C[C@H](OC(=O)[C@H](C)N(C)C(=O)CCC(C)(C)S)[C@]1(C)O[C@@H]1C(C)(C)[C@@H]1C[C@@](O)(NC(=O)O1)[C@H](OC)/C=C/C=C(\C)C2. The van der Waals surface area contributed by atoms with Gasteiger partial charge in [-0.15, -0.1) is 0 Å². The molecule has 15 heteroatoms. The second kappa shape index (κ2) is 16.4. The number of carbonyl (C=O) groups excluding carboxylic acids is 4. The highest BCUT2D eigenvalue weighted by Gasteiger charge is 2.68. The molecule has 7 atom stereocenters.